The van der Waals surface area contributed by atoms with Crippen molar-refractivity contribution >= 4 is 0 Å². The summed E-state index contributed by atoms with van der Waals surface area (Å²) in [6.07, 6.45) is 2.78. The Morgan fingerprint density at radius 1 is 1.17 bits per heavy atom. The highest BCUT2D eigenvalue weighted by Crippen LogP contribution is 2.25. The highest BCUT2D eigenvalue weighted by molar-refractivity contribution is 5.52. The maximum atomic E-state index is 5.25. The monoisotopic (exact) mass is 320 g/mol. The minimum Gasteiger partial charge on any atom is -0.497 e. The van der Waals surface area contributed by atoms with E-state index in [9.17, 15) is 0 Å². The maximum absolute atomic E-state index is 5.25. The standard InChI is InChI=1S/C19H20N4O/c1-24-15-7-5-14(6-8-15)13-23-18-12-20-11-9-16(18)22-19(23)17-4-2-3-10-21-17/h2-8,10,20H,9,11-13H2,1H3. The van der Waals surface area contributed by atoms with Crippen LogP contribution in [0.3, 0.4) is 0 Å². The topological polar surface area (TPSA) is 52.0 Å². The van der Waals surface area contributed by atoms with Crippen LogP contribution in [0.4, 0.5) is 0 Å². The molecule has 2 aromatic heterocycles. The van der Waals surface area contributed by atoms with E-state index in [0.717, 1.165) is 43.3 Å². The number of ether oxygens (including phenoxy) is 1. The molecule has 122 valence electrons. The third kappa shape index (κ3) is 2.78. The first-order valence-corrected chi connectivity index (χ1v) is 8.18. The number of pyridine rings is 1. The smallest absolute Gasteiger partial charge is 0.159 e. The summed E-state index contributed by atoms with van der Waals surface area (Å²) < 4.78 is 7.53. The first-order valence-electron chi connectivity index (χ1n) is 8.18. The fourth-order valence-electron chi connectivity index (χ4n) is 3.12. The summed E-state index contributed by atoms with van der Waals surface area (Å²) in [5, 5.41) is 3.45. The van der Waals surface area contributed by atoms with E-state index >= 15 is 0 Å². The average molecular weight is 320 g/mol. The summed E-state index contributed by atoms with van der Waals surface area (Å²) >= 11 is 0. The summed E-state index contributed by atoms with van der Waals surface area (Å²) in [5.74, 6) is 1.82. The first kappa shape index (κ1) is 14.9. The number of methoxy groups -OCH3 is 1. The number of benzene rings is 1. The highest BCUT2D eigenvalue weighted by Gasteiger charge is 2.21. The molecule has 0 saturated heterocycles. The molecule has 24 heavy (non-hydrogen) atoms. The van der Waals surface area contributed by atoms with Gasteiger partial charge in [0.1, 0.15) is 11.4 Å². The van der Waals surface area contributed by atoms with Crippen molar-refractivity contribution in [2.75, 3.05) is 13.7 Å². The summed E-state index contributed by atoms with van der Waals surface area (Å²) in [4.78, 5) is 9.38. The van der Waals surface area contributed by atoms with Crippen LogP contribution in [0.15, 0.2) is 48.7 Å². The Morgan fingerprint density at radius 2 is 2.04 bits per heavy atom. The fraction of sp³-hybridized carbons (Fsp3) is 0.263. The third-order valence-corrected chi connectivity index (χ3v) is 4.38. The number of fused-ring (bicyclic) bond motifs is 1. The summed E-state index contributed by atoms with van der Waals surface area (Å²) in [7, 11) is 1.69. The number of nitrogens with zero attached hydrogens (tertiary/aromatic N) is 3. The van der Waals surface area contributed by atoms with Crippen molar-refractivity contribution in [1.82, 2.24) is 19.9 Å². The number of nitrogens with one attached hydrogen (secondary N) is 1. The van der Waals surface area contributed by atoms with Gasteiger partial charge in [0, 0.05) is 32.3 Å². The van der Waals surface area contributed by atoms with E-state index in [2.05, 4.69) is 27.0 Å². The molecule has 5 nitrogen and oxygen atoms in total. The molecule has 1 N–H and O–H groups in total. The van der Waals surface area contributed by atoms with E-state index in [4.69, 9.17) is 9.72 Å². The van der Waals surface area contributed by atoms with Gasteiger partial charge < -0.3 is 14.6 Å². The average Bonchev–Trinajstić information content (AvgIpc) is 3.02. The van der Waals surface area contributed by atoms with Gasteiger partial charge in [-0.3, -0.25) is 4.98 Å². The third-order valence-electron chi connectivity index (χ3n) is 4.38. The number of hydrogen-bond donors (Lipinski definition) is 1. The number of imidazole rings is 1. The molecule has 0 fully saturated rings. The molecule has 0 spiro atoms. The van der Waals surface area contributed by atoms with Crippen LogP contribution in [-0.2, 0) is 19.5 Å². The number of rotatable bonds is 4. The van der Waals surface area contributed by atoms with Crippen molar-refractivity contribution < 1.29 is 4.74 Å². The number of hydrogen-bond acceptors (Lipinski definition) is 4. The fourth-order valence-corrected chi connectivity index (χ4v) is 3.12. The van der Waals surface area contributed by atoms with Crippen LogP contribution >= 0.6 is 0 Å². The van der Waals surface area contributed by atoms with Crippen molar-refractivity contribution in [3.63, 3.8) is 0 Å². The zero-order valence-electron chi connectivity index (χ0n) is 13.7. The van der Waals surface area contributed by atoms with E-state index in [1.54, 1.807) is 7.11 Å². The van der Waals surface area contributed by atoms with Gasteiger partial charge in [0.2, 0.25) is 0 Å². The van der Waals surface area contributed by atoms with Crippen molar-refractivity contribution in [2.24, 2.45) is 0 Å². The second-order valence-corrected chi connectivity index (χ2v) is 5.90. The van der Waals surface area contributed by atoms with Crippen molar-refractivity contribution in [3.8, 4) is 17.3 Å². The Balaban J connectivity index is 1.76. The minimum atomic E-state index is 0.778. The van der Waals surface area contributed by atoms with Gasteiger partial charge in [0.25, 0.3) is 0 Å². The maximum Gasteiger partial charge on any atom is 0.159 e. The second kappa shape index (κ2) is 6.45. The van der Waals surface area contributed by atoms with Gasteiger partial charge in [0.05, 0.1) is 18.5 Å². The van der Waals surface area contributed by atoms with Crippen LogP contribution in [0, 0.1) is 0 Å². The summed E-state index contributed by atoms with van der Waals surface area (Å²) in [5.41, 5.74) is 4.58. The van der Waals surface area contributed by atoms with Crippen LogP contribution in [-0.4, -0.2) is 28.2 Å². The zero-order chi connectivity index (χ0) is 16.4. The van der Waals surface area contributed by atoms with Crippen LogP contribution < -0.4 is 10.1 Å². The van der Waals surface area contributed by atoms with E-state index in [-0.39, 0.29) is 0 Å². The van der Waals surface area contributed by atoms with Crippen molar-refractivity contribution in [1.29, 1.82) is 0 Å². The van der Waals surface area contributed by atoms with Crippen LogP contribution in [0.1, 0.15) is 17.0 Å². The Kier molecular flexibility index (Phi) is 4.01. The molecule has 0 unspecified atom stereocenters. The predicted octanol–water partition coefficient (Wildman–Crippen LogP) is 2.65. The molecule has 3 aromatic rings. The molecule has 0 amide bonds. The van der Waals surface area contributed by atoms with E-state index in [1.807, 2.05) is 36.5 Å². The zero-order valence-corrected chi connectivity index (χ0v) is 13.7. The molecular weight excluding hydrogens is 300 g/mol. The van der Waals surface area contributed by atoms with Gasteiger partial charge >= 0.3 is 0 Å². The van der Waals surface area contributed by atoms with E-state index in [0.29, 0.717) is 0 Å². The second-order valence-electron chi connectivity index (χ2n) is 5.90. The van der Waals surface area contributed by atoms with Crippen LogP contribution in [0.25, 0.3) is 11.5 Å². The molecule has 0 saturated carbocycles. The normalized spacial score (nSPS) is 13.5. The van der Waals surface area contributed by atoms with Crippen molar-refractivity contribution in [2.45, 2.75) is 19.5 Å². The molecule has 0 bridgehead atoms. The van der Waals surface area contributed by atoms with Gasteiger partial charge in [-0.2, -0.15) is 0 Å². The Bertz CT molecular complexity index is 825. The molecule has 1 aliphatic rings. The number of aromatic nitrogens is 3. The quantitative estimate of drug-likeness (QED) is 0.803. The molecule has 4 rings (SSSR count). The first-order chi connectivity index (χ1) is 11.8. The molecule has 3 heterocycles. The molecular formula is C19H20N4O. The van der Waals surface area contributed by atoms with Gasteiger partial charge in [-0.15, -0.1) is 0 Å². The molecule has 1 aliphatic heterocycles. The van der Waals surface area contributed by atoms with Gasteiger partial charge in [-0.25, -0.2) is 4.98 Å². The van der Waals surface area contributed by atoms with Crippen LogP contribution in [0.5, 0.6) is 5.75 Å². The van der Waals surface area contributed by atoms with Gasteiger partial charge in [-0.1, -0.05) is 18.2 Å². The molecule has 0 atom stereocenters. The molecule has 0 aliphatic carbocycles. The summed E-state index contributed by atoms with van der Waals surface area (Å²) in [6.45, 7) is 2.61. The van der Waals surface area contributed by atoms with Gasteiger partial charge in [0.15, 0.2) is 5.82 Å². The Labute approximate surface area is 141 Å². The van der Waals surface area contributed by atoms with Crippen molar-refractivity contribution in [3.05, 3.63) is 65.6 Å². The Morgan fingerprint density at radius 3 is 2.79 bits per heavy atom. The van der Waals surface area contributed by atoms with Gasteiger partial charge in [-0.05, 0) is 29.8 Å². The predicted molar refractivity (Wildman–Crippen MR) is 93.0 cm³/mol. The summed E-state index contributed by atoms with van der Waals surface area (Å²) in [6, 6.07) is 14.2. The highest BCUT2D eigenvalue weighted by atomic mass is 16.5. The lowest BCUT2D eigenvalue weighted by Crippen LogP contribution is -2.25. The van der Waals surface area contributed by atoms with E-state index in [1.165, 1.54) is 17.0 Å². The Hall–Kier alpha value is -2.66. The lowest BCUT2D eigenvalue weighted by molar-refractivity contribution is 0.414. The molecule has 1 aromatic carbocycles. The van der Waals surface area contributed by atoms with E-state index < -0.39 is 0 Å². The minimum absolute atomic E-state index is 0.778. The lowest BCUT2D eigenvalue weighted by atomic mass is 10.1. The SMILES string of the molecule is COc1ccc(Cn2c(-c3ccccn3)nc3c2CNCC3)cc1. The lowest BCUT2D eigenvalue weighted by Gasteiger charge is -2.16. The molecule has 0 radical (unpaired) electrons. The molecule has 5 heteroatoms. The largest absolute Gasteiger partial charge is 0.497 e. The van der Waals surface area contributed by atoms with Crippen LogP contribution in [0.2, 0.25) is 0 Å².